The molecular weight excluding hydrogens is 297 g/mol. The molecule has 3 rings (SSSR count). The molecule has 3 aromatic rings. The fourth-order valence-electron chi connectivity index (χ4n) is 2.75. The van der Waals surface area contributed by atoms with Crippen molar-refractivity contribution in [1.29, 1.82) is 0 Å². The predicted octanol–water partition coefficient (Wildman–Crippen LogP) is 4.26. The molecule has 1 heterocycles. The Morgan fingerprint density at radius 1 is 1.22 bits per heavy atom. The summed E-state index contributed by atoms with van der Waals surface area (Å²) in [5.74, 6) is 0.267. The number of aromatic amines is 1. The minimum absolute atomic E-state index is 0.231. The lowest BCUT2D eigenvalue weighted by Crippen LogP contribution is -1.98. The van der Waals surface area contributed by atoms with Crippen molar-refractivity contribution in [3.63, 3.8) is 0 Å². The van der Waals surface area contributed by atoms with Gasteiger partial charge in [-0.25, -0.2) is 4.39 Å². The van der Waals surface area contributed by atoms with Gasteiger partial charge in [0.25, 0.3) is 6.47 Å². The Hall–Kier alpha value is -2.82. The maximum absolute atomic E-state index is 13.2. The van der Waals surface area contributed by atoms with Crippen LogP contribution in [0.3, 0.4) is 0 Å². The average Bonchev–Trinajstić information content (AvgIpc) is 2.94. The SMILES string of the molecule is CCC(c1ccc(O)cc1)c1c[nH]c2cc(F)ccc12.O=CO. The smallest absolute Gasteiger partial charge is 0.290 e. The summed E-state index contributed by atoms with van der Waals surface area (Å²) < 4.78 is 13.2. The van der Waals surface area contributed by atoms with Gasteiger partial charge in [-0.05, 0) is 47.9 Å². The first-order valence-corrected chi connectivity index (χ1v) is 7.24. The van der Waals surface area contributed by atoms with Gasteiger partial charge in [0.15, 0.2) is 0 Å². The normalized spacial score (nSPS) is 11.6. The van der Waals surface area contributed by atoms with E-state index in [1.54, 1.807) is 12.1 Å². The molecule has 0 amide bonds. The number of carbonyl (C=O) groups is 1. The van der Waals surface area contributed by atoms with E-state index in [2.05, 4.69) is 11.9 Å². The van der Waals surface area contributed by atoms with Crippen LogP contribution in [0.4, 0.5) is 4.39 Å². The third-order valence-electron chi connectivity index (χ3n) is 3.75. The largest absolute Gasteiger partial charge is 0.508 e. The minimum atomic E-state index is -0.250. The Kier molecular flexibility index (Phi) is 5.36. The van der Waals surface area contributed by atoms with Gasteiger partial charge >= 0.3 is 0 Å². The second kappa shape index (κ2) is 7.45. The molecule has 2 aromatic carbocycles. The fraction of sp³-hybridized carbons (Fsp3) is 0.167. The maximum atomic E-state index is 13.2. The zero-order chi connectivity index (χ0) is 16.8. The monoisotopic (exact) mass is 315 g/mol. The van der Waals surface area contributed by atoms with Gasteiger partial charge in [-0.15, -0.1) is 0 Å². The number of rotatable bonds is 3. The van der Waals surface area contributed by atoms with Gasteiger partial charge in [0.2, 0.25) is 0 Å². The van der Waals surface area contributed by atoms with Crippen molar-refractivity contribution in [2.45, 2.75) is 19.3 Å². The van der Waals surface area contributed by atoms with E-state index in [-0.39, 0.29) is 24.0 Å². The van der Waals surface area contributed by atoms with Crippen molar-refractivity contribution in [2.24, 2.45) is 0 Å². The van der Waals surface area contributed by atoms with Crippen molar-refractivity contribution in [3.8, 4) is 5.75 Å². The molecule has 0 saturated carbocycles. The van der Waals surface area contributed by atoms with E-state index in [4.69, 9.17) is 9.90 Å². The molecule has 4 nitrogen and oxygen atoms in total. The third-order valence-corrected chi connectivity index (χ3v) is 3.75. The number of aromatic hydroxyl groups is 1. The van der Waals surface area contributed by atoms with Crippen LogP contribution in [0.5, 0.6) is 5.75 Å². The quantitative estimate of drug-likeness (QED) is 0.632. The van der Waals surface area contributed by atoms with E-state index in [0.717, 1.165) is 28.5 Å². The summed E-state index contributed by atoms with van der Waals surface area (Å²) in [5.41, 5.74) is 3.13. The van der Waals surface area contributed by atoms with Crippen LogP contribution in [0.2, 0.25) is 0 Å². The topological polar surface area (TPSA) is 73.3 Å². The fourth-order valence-corrected chi connectivity index (χ4v) is 2.75. The summed E-state index contributed by atoms with van der Waals surface area (Å²) >= 11 is 0. The molecule has 0 radical (unpaired) electrons. The predicted molar refractivity (Wildman–Crippen MR) is 87.2 cm³/mol. The highest BCUT2D eigenvalue weighted by molar-refractivity contribution is 5.84. The number of phenolic OH excluding ortho intramolecular Hbond substituents is 1. The first kappa shape index (κ1) is 16.5. The van der Waals surface area contributed by atoms with Gasteiger partial charge in [0.05, 0.1) is 0 Å². The van der Waals surface area contributed by atoms with E-state index in [0.29, 0.717) is 0 Å². The van der Waals surface area contributed by atoms with Crippen molar-refractivity contribution >= 4 is 17.4 Å². The number of hydrogen-bond acceptors (Lipinski definition) is 2. The van der Waals surface area contributed by atoms with Crippen LogP contribution >= 0.6 is 0 Å². The van der Waals surface area contributed by atoms with Crippen LogP contribution < -0.4 is 0 Å². The standard InChI is InChI=1S/C17H16FNO.CH2O2/c1-2-14(11-3-6-13(20)7-4-11)16-10-19-17-9-12(18)5-8-15(16)17;2-1-3/h3-10,14,19-20H,2H2,1H3;1H,(H,2,3). The van der Waals surface area contributed by atoms with Gasteiger partial charge in [-0.1, -0.05) is 19.1 Å². The highest BCUT2D eigenvalue weighted by Crippen LogP contribution is 2.33. The zero-order valence-corrected chi connectivity index (χ0v) is 12.7. The average molecular weight is 315 g/mol. The molecular formula is C18H18FNO3. The Bertz CT molecular complexity index is 781. The van der Waals surface area contributed by atoms with E-state index in [1.165, 1.54) is 12.1 Å². The van der Waals surface area contributed by atoms with Crippen LogP contribution in [-0.2, 0) is 4.79 Å². The highest BCUT2D eigenvalue weighted by Gasteiger charge is 2.16. The zero-order valence-electron chi connectivity index (χ0n) is 12.7. The number of H-pyrrole nitrogens is 1. The molecule has 0 fully saturated rings. The molecule has 1 unspecified atom stereocenters. The van der Waals surface area contributed by atoms with E-state index < -0.39 is 0 Å². The molecule has 1 aromatic heterocycles. The van der Waals surface area contributed by atoms with Crippen LogP contribution in [0, 0.1) is 5.82 Å². The maximum Gasteiger partial charge on any atom is 0.290 e. The number of benzene rings is 2. The van der Waals surface area contributed by atoms with Crippen molar-refractivity contribution in [1.82, 2.24) is 4.98 Å². The molecule has 0 aliphatic rings. The summed E-state index contributed by atoms with van der Waals surface area (Å²) in [6.45, 7) is 1.87. The summed E-state index contributed by atoms with van der Waals surface area (Å²) in [5, 5.41) is 17.3. The van der Waals surface area contributed by atoms with Crippen LogP contribution in [-0.4, -0.2) is 21.7 Å². The molecule has 5 heteroatoms. The van der Waals surface area contributed by atoms with Gasteiger partial charge in [0.1, 0.15) is 11.6 Å². The summed E-state index contributed by atoms with van der Waals surface area (Å²) in [6, 6.07) is 12.1. The number of carboxylic acid groups (broad SMARTS) is 1. The molecule has 120 valence electrons. The molecule has 23 heavy (non-hydrogen) atoms. The minimum Gasteiger partial charge on any atom is -0.508 e. The molecule has 0 spiro atoms. The number of fused-ring (bicyclic) bond motifs is 1. The Morgan fingerprint density at radius 2 is 1.87 bits per heavy atom. The summed E-state index contributed by atoms with van der Waals surface area (Å²) in [6.07, 6.45) is 2.89. The van der Waals surface area contributed by atoms with Gasteiger partial charge < -0.3 is 15.2 Å². The highest BCUT2D eigenvalue weighted by atomic mass is 19.1. The third kappa shape index (κ3) is 3.69. The van der Waals surface area contributed by atoms with E-state index in [9.17, 15) is 9.50 Å². The second-order valence-corrected chi connectivity index (χ2v) is 5.09. The lowest BCUT2D eigenvalue weighted by Gasteiger charge is -2.15. The number of nitrogens with one attached hydrogen (secondary N) is 1. The number of phenols is 1. The first-order valence-electron chi connectivity index (χ1n) is 7.24. The Labute approximate surface area is 133 Å². The first-order chi connectivity index (χ1) is 11.1. The molecule has 0 aliphatic carbocycles. The number of hydrogen-bond donors (Lipinski definition) is 3. The van der Waals surface area contributed by atoms with Crippen LogP contribution in [0.15, 0.2) is 48.7 Å². The van der Waals surface area contributed by atoms with Crippen molar-refractivity contribution in [3.05, 3.63) is 65.6 Å². The molecule has 0 aliphatic heterocycles. The van der Waals surface area contributed by atoms with Gasteiger partial charge in [0, 0.05) is 23.0 Å². The molecule has 3 N–H and O–H groups in total. The van der Waals surface area contributed by atoms with E-state index >= 15 is 0 Å². The Balaban J connectivity index is 0.000000595. The lowest BCUT2D eigenvalue weighted by molar-refractivity contribution is -0.122. The summed E-state index contributed by atoms with van der Waals surface area (Å²) in [7, 11) is 0. The van der Waals surface area contributed by atoms with Crippen molar-refractivity contribution < 1.29 is 19.4 Å². The Morgan fingerprint density at radius 3 is 2.48 bits per heavy atom. The second-order valence-electron chi connectivity index (χ2n) is 5.09. The van der Waals surface area contributed by atoms with Gasteiger partial charge in [-0.2, -0.15) is 0 Å². The van der Waals surface area contributed by atoms with Crippen molar-refractivity contribution in [2.75, 3.05) is 0 Å². The lowest BCUT2D eigenvalue weighted by atomic mass is 9.89. The van der Waals surface area contributed by atoms with Crippen LogP contribution in [0.1, 0.15) is 30.4 Å². The van der Waals surface area contributed by atoms with Crippen LogP contribution in [0.25, 0.3) is 10.9 Å². The number of halogens is 1. The van der Waals surface area contributed by atoms with Gasteiger partial charge in [-0.3, -0.25) is 4.79 Å². The number of aromatic nitrogens is 1. The summed E-state index contributed by atoms with van der Waals surface area (Å²) in [4.78, 5) is 11.5. The van der Waals surface area contributed by atoms with E-state index in [1.807, 2.05) is 24.4 Å². The molecule has 0 saturated heterocycles. The molecule has 0 bridgehead atoms. The molecule has 1 atom stereocenters.